The number of piperazine rings is 1. The third-order valence-corrected chi connectivity index (χ3v) is 6.92. The van der Waals surface area contributed by atoms with E-state index in [2.05, 4.69) is 34.5 Å². The molecule has 37 heavy (non-hydrogen) atoms. The molecule has 5 rings (SSSR count). The molecule has 1 aromatic heterocycles. The zero-order valence-electron chi connectivity index (χ0n) is 20.9. The average Bonchev–Trinajstić information content (AvgIpc) is 3.79. The van der Waals surface area contributed by atoms with E-state index in [0.29, 0.717) is 19.6 Å². The first kappa shape index (κ1) is 24.7. The van der Waals surface area contributed by atoms with Gasteiger partial charge in [-0.3, -0.25) is 19.3 Å². The molecular weight excluding hydrogens is 464 g/mol. The Morgan fingerprint density at radius 3 is 2.19 bits per heavy atom. The molecule has 2 heterocycles. The molecule has 2 fully saturated rings. The summed E-state index contributed by atoms with van der Waals surface area (Å²) in [7, 11) is 0. The highest BCUT2D eigenvalue weighted by Gasteiger charge is 2.29. The summed E-state index contributed by atoms with van der Waals surface area (Å²) in [6.45, 7) is 3.69. The SMILES string of the molecule is O=C(NCc1ccccc1)c1cn(C2CC2)cc(C(=O)N2CCN(C/C=C/c3ccccc3)CC2)c1=O. The van der Waals surface area contributed by atoms with E-state index in [-0.39, 0.29) is 23.1 Å². The fraction of sp³-hybridized carbons (Fsp3) is 0.300. The first-order chi connectivity index (χ1) is 18.1. The van der Waals surface area contributed by atoms with Gasteiger partial charge in [0.25, 0.3) is 11.8 Å². The Bertz CT molecular complexity index is 1320. The second kappa shape index (κ2) is 11.4. The van der Waals surface area contributed by atoms with Gasteiger partial charge in [-0.15, -0.1) is 0 Å². The summed E-state index contributed by atoms with van der Waals surface area (Å²) in [5, 5.41) is 2.84. The Morgan fingerprint density at radius 1 is 0.865 bits per heavy atom. The van der Waals surface area contributed by atoms with Gasteiger partial charge in [0.2, 0.25) is 5.43 Å². The summed E-state index contributed by atoms with van der Waals surface area (Å²) in [4.78, 5) is 43.7. The fourth-order valence-corrected chi connectivity index (χ4v) is 4.57. The second-order valence-electron chi connectivity index (χ2n) is 9.67. The second-order valence-corrected chi connectivity index (χ2v) is 9.67. The van der Waals surface area contributed by atoms with Crippen molar-refractivity contribution < 1.29 is 9.59 Å². The molecule has 1 saturated heterocycles. The van der Waals surface area contributed by atoms with Crippen LogP contribution in [0.5, 0.6) is 0 Å². The lowest BCUT2D eigenvalue weighted by Gasteiger charge is -2.34. The maximum Gasteiger partial charge on any atom is 0.259 e. The number of nitrogens with zero attached hydrogens (tertiary/aromatic N) is 3. The molecule has 0 bridgehead atoms. The monoisotopic (exact) mass is 496 g/mol. The minimum absolute atomic E-state index is 0.0263. The van der Waals surface area contributed by atoms with Crippen molar-refractivity contribution in [1.82, 2.24) is 19.7 Å². The maximum absolute atomic E-state index is 13.4. The minimum atomic E-state index is -0.499. The first-order valence-electron chi connectivity index (χ1n) is 12.9. The highest BCUT2D eigenvalue weighted by atomic mass is 16.2. The highest BCUT2D eigenvalue weighted by Crippen LogP contribution is 2.34. The van der Waals surface area contributed by atoms with Crippen LogP contribution in [0.25, 0.3) is 6.08 Å². The number of hydrogen-bond donors (Lipinski definition) is 1. The Balaban J connectivity index is 1.25. The lowest BCUT2D eigenvalue weighted by molar-refractivity contribution is 0.0648. The molecule has 2 amide bonds. The van der Waals surface area contributed by atoms with Crippen LogP contribution in [0.15, 0.2) is 83.9 Å². The number of pyridine rings is 1. The number of nitrogens with one attached hydrogen (secondary N) is 1. The lowest BCUT2D eigenvalue weighted by Crippen LogP contribution is -2.49. The van der Waals surface area contributed by atoms with Gasteiger partial charge in [0.15, 0.2) is 0 Å². The molecule has 0 radical (unpaired) electrons. The molecule has 2 aliphatic rings. The predicted octanol–water partition coefficient (Wildman–Crippen LogP) is 3.58. The van der Waals surface area contributed by atoms with Crippen LogP contribution in [0.1, 0.15) is 50.7 Å². The third-order valence-electron chi connectivity index (χ3n) is 6.92. The number of carbonyl (C=O) groups excluding carboxylic acids is 2. The molecular formula is C30H32N4O3. The summed E-state index contributed by atoms with van der Waals surface area (Å²) < 4.78 is 1.87. The zero-order chi connectivity index (χ0) is 25.6. The number of carbonyl (C=O) groups is 2. The predicted molar refractivity (Wildman–Crippen MR) is 144 cm³/mol. The molecule has 1 aliphatic carbocycles. The third kappa shape index (κ3) is 6.24. The molecule has 190 valence electrons. The van der Waals surface area contributed by atoms with Crippen molar-refractivity contribution in [3.05, 3.63) is 112 Å². The normalized spacial score (nSPS) is 16.2. The molecule has 0 atom stereocenters. The fourth-order valence-electron chi connectivity index (χ4n) is 4.57. The van der Waals surface area contributed by atoms with Crippen LogP contribution in [-0.2, 0) is 6.54 Å². The van der Waals surface area contributed by atoms with E-state index in [9.17, 15) is 14.4 Å². The van der Waals surface area contributed by atoms with Crippen molar-refractivity contribution >= 4 is 17.9 Å². The summed E-state index contributed by atoms with van der Waals surface area (Å²) in [6, 6.07) is 20.0. The van der Waals surface area contributed by atoms with Crippen LogP contribution < -0.4 is 10.7 Å². The van der Waals surface area contributed by atoms with Crippen molar-refractivity contribution in [3.63, 3.8) is 0 Å². The van der Waals surface area contributed by atoms with Gasteiger partial charge in [0.05, 0.1) is 0 Å². The maximum atomic E-state index is 13.4. The van der Waals surface area contributed by atoms with E-state index in [0.717, 1.165) is 43.6 Å². The first-order valence-corrected chi connectivity index (χ1v) is 12.9. The van der Waals surface area contributed by atoms with E-state index in [4.69, 9.17) is 0 Å². The Morgan fingerprint density at radius 2 is 1.51 bits per heavy atom. The molecule has 1 saturated carbocycles. The molecule has 0 spiro atoms. The van der Waals surface area contributed by atoms with Gasteiger partial charge in [0.1, 0.15) is 11.1 Å². The Kier molecular flexibility index (Phi) is 7.61. The number of hydrogen-bond acceptors (Lipinski definition) is 4. The number of benzene rings is 2. The van der Waals surface area contributed by atoms with E-state index >= 15 is 0 Å². The summed E-state index contributed by atoms with van der Waals surface area (Å²) >= 11 is 0. The van der Waals surface area contributed by atoms with E-state index in [1.807, 2.05) is 53.1 Å². The van der Waals surface area contributed by atoms with Gasteiger partial charge in [-0.1, -0.05) is 72.8 Å². The Labute approximate surface area is 217 Å². The number of amides is 2. The molecule has 7 heteroatoms. The summed E-state index contributed by atoms with van der Waals surface area (Å²) in [5.74, 6) is -0.746. The lowest BCUT2D eigenvalue weighted by atomic mass is 10.1. The van der Waals surface area contributed by atoms with Gasteiger partial charge in [-0.05, 0) is 24.0 Å². The zero-order valence-corrected chi connectivity index (χ0v) is 20.9. The van der Waals surface area contributed by atoms with Crippen molar-refractivity contribution in [3.8, 4) is 0 Å². The smallest absolute Gasteiger partial charge is 0.259 e. The number of rotatable bonds is 8. The average molecular weight is 497 g/mol. The van der Waals surface area contributed by atoms with Crippen molar-refractivity contribution in [2.45, 2.75) is 25.4 Å². The van der Waals surface area contributed by atoms with Crippen LogP contribution in [0, 0.1) is 0 Å². The molecule has 3 aromatic rings. The van der Waals surface area contributed by atoms with Crippen molar-refractivity contribution in [2.75, 3.05) is 32.7 Å². The van der Waals surface area contributed by atoms with E-state index < -0.39 is 11.3 Å². The van der Waals surface area contributed by atoms with Crippen LogP contribution in [0.2, 0.25) is 0 Å². The van der Waals surface area contributed by atoms with E-state index in [1.165, 1.54) is 0 Å². The summed E-state index contributed by atoms with van der Waals surface area (Å²) in [6.07, 6.45) is 9.46. The van der Waals surface area contributed by atoms with Gasteiger partial charge < -0.3 is 14.8 Å². The summed E-state index contributed by atoms with van der Waals surface area (Å²) in [5.41, 5.74) is 1.72. The largest absolute Gasteiger partial charge is 0.349 e. The molecule has 1 N–H and O–H groups in total. The van der Waals surface area contributed by atoms with Gasteiger partial charge in [-0.2, -0.15) is 0 Å². The standard InChI is InChI=1S/C30H32N4O3/c35-28-26(29(36)31-20-24-10-5-2-6-11-24)21-34(25-13-14-25)22-27(28)30(37)33-18-16-32(17-19-33)15-7-12-23-8-3-1-4-9-23/h1-12,21-22,25H,13-20H2,(H,31,36)/b12-7+. The molecule has 2 aromatic carbocycles. The van der Waals surface area contributed by atoms with Crippen LogP contribution in [0.4, 0.5) is 0 Å². The molecule has 1 aliphatic heterocycles. The van der Waals surface area contributed by atoms with Gasteiger partial charge >= 0.3 is 0 Å². The quantitative estimate of drug-likeness (QED) is 0.517. The minimum Gasteiger partial charge on any atom is -0.349 e. The van der Waals surface area contributed by atoms with Crippen LogP contribution >= 0.6 is 0 Å². The van der Waals surface area contributed by atoms with Gasteiger partial charge in [0, 0.05) is 57.7 Å². The van der Waals surface area contributed by atoms with Crippen LogP contribution in [0.3, 0.4) is 0 Å². The van der Waals surface area contributed by atoms with Crippen molar-refractivity contribution in [1.29, 1.82) is 0 Å². The number of aromatic nitrogens is 1. The van der Waals surface area contributed by atoms with Crippen molar-refractivity contribution in [2.24, 2.45) is 0 Å². The van der Waals surface area contributed by atoms with E-state index in [1.54, 1.807) is 17.3 Å². The molecule has 7 nitrogen and oxygen atoms in total. The van der Waals surface area contributed by atoms with Crippen LogP contribution in [-0.4, -0.2) is 58.9 Å². The topological polar surface area (TPSA) is 74.7 Å². The highest BCUT2D eigenvalue weighted by molar-refractivity contribution is 5.99. The Hall–Kier alpha value is -3.97. The molecule has 0 unspecified atom stereocenters. The van der Waals surface area contributed by atoms with Gasteiger partial charge in [-0.25, -0.2) is 0 Å².